The van der Waals surface area contributed by atoms with E-state index in [0.717, 1.165) is 19.0 Å². The first-order valence-electron chi connectivity index (χ1n) is 12.6. The van der Waals surface area contributed by atoms with Crippen LogP contribution in [-0.2, 0) is 4.74 Å². The number of anilines is 1. The van der Waals surface area contributed by atoms with Crippen molar-refractivity contribution >= 4 is 17.5 Å². The molecule has 1 fully saturated rings. The first-order valence-corrected chi connectivity index (χ1v) is 12.6. The molecule has 0 spiro atoms. The van der Waals surface area contributed by atoms with E-state index in [1.54, 1.807) is 37.3 Å². The molecule has 1 aliphatic heterocycles. The quantitative estimate of drug-likeness (QED) is 0.667. The third-order valence-electron chi connectivity index (χ3n) is 7.11. The van der Waals surface area contributed by atoms with Crippen LogP contribution in [0, 0.1) is 17.7 Å². The molecular weight excluding hydrogens is 461 g/mol. The van der Waals surface area contributed by atoms with Crippen molar-refractivity contribution in [3.05, 3.63) is 59.4 Å². The Morgan fingerprint density at radius 3 is 2.64 bits per heavy atom. The monoisotopic (exact) mass is 497 g/mol. The number of methoxy groups -OCH3 is 1. The number of rotatable bonds is 5. The summed E-state index contributed by atoms with van der Waals surface area (Å²) in [5, 5.41) is 2.76. The summed E-state index contributed by atoms with van der Waals surface area (Å²) in [5.74, 6) is 0.274. The molecule has 2 aromatic carbocycles. The number of halogens is 1. The highest BCUT2D eigenvalue weighted by Crippen LogP contribution is 2.32. The number of benzene rings is 2. The fourth-order valence-corrected chi connectivity index (χ4v) is 4.65. The second kappa shape index (κ2) is 11.4. The number of hydrogen-bond donors (Lipinski definition) is 1. The summed E-state index contributed by atoms with van der Waals surface area (Å²) in [7, 11) is 3.44. The lowest BCUT2D eigenvalue weighted by Gasteiger charge is -2.36. The van der Waals surface area contributed by atoms with Crippen LogP contribution < -0.4 is 10.1 Å². The Morgan fingerprint density at radius 1 is 1.17 bits per heavy atom. The molecule has 7 nitrogen and oxygen atoms in total. The van der Waals surface area contributed by atoms with Crippen molar-refractivity contribution in [2.24, 2.45) is 11.8 Å². The predicted octanol–water partition coefficient (Wildman–Crippen LogP) is 4.29. The van der Waals surface area contributed by atoms with E-state index in [2.05, 4.69) is 24.1 Å². The summed E-state index contributed by atoms with van der Waals surface area (Å²) < 4.78 is 25.6. The van der Waals surface area contributed by atoms with Gasteiger partial charge in [-0.25, -0.2) is 4.39 Å². The Balaban J connectivity index is 1.61. The van der Waals surface area contributed by atoms with Crippen LogP contribution >= 0.6 is 0 Å². The molecule has 0 saturated heterocycles. The highest BCUT2D eigenvalue weighted by molar-refractivity contribution is 6.05. The second-order valence-electron chi connectivity index (χ2n) is 10.2. The SMILES string of the molecule is CO[C@@H]1CN(C)C(=O)c2cc(NC(=O)c3cccc(F)c3)ccc2OC[C@@H](C)N(CC2CC2)C[C@@H]1C. The molecule has 2 aliphatic rings. The second-order valence-corrected chi connectivity index (χ2v) is 10.2. The van der Waals surface area contributed by atoms with Crippen molar-refractivity contribution in [3.63, 3.8) is 0 Å². The Labute approximate surface area is 212 Å². The average Bonchev–Trinajstić information content (AvgIpc) is 3.68. The van der Waals surface area contributed by atoms with Crippen molar-refractivity contribution in [2.45, 2.75) is 38.8 Å². The zero-order chi connectivity index (χ0) is 25.8. The van der Waals surface area contributed by atoms with E-state index in [0.29, 0.717) is 30.2 Å². The van der Waals surface area contributed by atoms with Crippen molar-refractivity contribution < 1.29 is 23.5 Å². The van der Waals surface area contributed by atoms with Gasteiger partial charge in [-0.1, -0.05) is 13.0 Å². The molecule has 2 aromatic rings. The van der Waals surface area contributed by atoms with Gasteiger partial charge in [0.25, 0.3) is 11.8 Å². The number of carbonyl (C=O) groups is 2. The topological polar surface area (TPSA) is 71.1 Å². The van der Waals surface area contributed by atoms with Crippen LogP contribution in [0.4, 0.5) is 10.1 Å². The minimum Gasteiger partial charge on any atom is -0.491 e. The van der Waals surface area contributed by atoms with Crippen LogP contribution in [0.25, 0.3) is 0 Å². The fraction of sp³-hybridized carbons (Fsp3) is 0.500. The standard InChI is InChI=1S/C28H36FN3O4/c1-18-14-32(15-20-8-9-20)19(2)17-36-25-11-10-23(30-27(33)21-6-5-7-22(29)12-21)13-24(25)28(34)31(3)16-26(18)35-4/h5-7,10-13,18-20,26H,8-9,14-17H2,1-4H3,(H,30,33)/t18-,19+,26+/m0/s1. The van der Waals surface area contributed by atoms with Gasteiger partial charge in [-0.3, -0.25) is 14.5 Å². The Bertz CT molecular complexity index is 1090. The van der Waals surface area contributed by atoms with Crippen LogP contribution in [-0.4, -0.2) is 74.2 Å². The first kappa shape index (κ1) is 26.1. The summed E-state index contributed by atoms with van der Waals surface area (Å²) in [6.07, 6.45) is 2.43. The van der Waals surface area contributed by atoms with Crippen LogP contribution in [0.5, 0.6) is 5.75 Å². The zero-order valence-corrected chi connectivity index (χ0v) is 21.5. The highest BCUT2D eigenvalue weighted by Gasteiger charge is 2.31. The number of amides is 2. The highest BCUT2D eigenvalue weighted by atomic mass is 19.1. The van der Waals surface area contributed by atoms with Crippen molar-refractivity contribution in [3.8, 4) is 5.75 Å². The number of ether oxygens (including phenoxy) is 2. The number of nitrogens with one attached hydrogen (secondary N) is 1. The molecular formula is C28H36FN3O4. The summed E-state index contributed by atoms with van der Waals surface area (Å²) in [4.78, 5) is 30.3. The smallest absolute Gasteiger partial charge is 0.257 e. The summed E-state index contributed by atoms with van der Waals surface area (Å²) in [6.45, 7) is 7.11. The Kier molecular flexibility index (Phi) is 8.26. The van der Waals surface area contributed by atoms with Gasteiger partial charge in [-0.15, -0.1) is 0 Å². The Morgan fingerprint density at radius 2 is 1.94 bits per heavy atom. The van der Waals surface area contributed by atoms with Crippen molar-refractivity contribution in [1.82, 2.24) is 9.80 Å². The number of hydrogen-bond acceptors (Lipinski definition) is 5. The maximum absolute atomic E-state index is 13.6. The molecule has 36 heavy (non-hydrogen) atoms. The summed E-state index contributed by atoms with van der Waals surface area (Å²) >= 11 is 0. The van der Waals surface area contributed by atoms with Gasteiger partial charge < -0.3 is 19.7 Å². The van der Waals surface area contributed by atoms with Crippen LogP contribution in [0.2, 0.25) is 0 Å². The molecule has 1 heterocycles. The average molecular weight is 498 g/mol. The first-order chi connectivity index (χ1) is 17.2. The number of fused-ring (bicyclic) bond motifs is 1. The van der Waals surface area contributed by atoms with Gasteiger partial charge in [0.1, 0.15) is 18.2 Å². The molecule has 3 atom stereocenters. The van der Waals surface area contributed by atoms with Gasteiger partial charge in [-0.2, -0.15) is 0 Å². The van der Waals surface area contributed by atoms with Crippen molar-refractivity contribution in [1.29, 1.82) is 0 Å². The largest absolute Gasteiger partial charge is 0.491 e. The Hall–Kier alpha value is -2.97. The molecule has 4 rings (SSSR count). The molecule has 1 saturated carbocycles. The fourth-order valence-electron chi connectivity index (χ4n) is 4.65. The molecule has 0 unspecified atom stereocenters. The maximum atomic E-state index is 13.6. The molecule has 0 bridgehead atoms. The normalized spacial score (nSPS) is 23.8. The molecule has 0 aromatic heterocycles. The predicted molar refractivity (Wildman–Crippen MR) is 137 cm³/mol. The van der Waals surface area contributed by atoms with E-state index >= 15 is 0 Å². The van der Waals surface area contributed by atoms with E-state index in [-0.39, 0.29) is 29.5 Å². The number of likely N-dealkylation sites (N-methyl/N-ethyl adjacent to an activating group) is 1. The van der Waals surface area contributed by atoms with E-state index in [1.807, 2.05) is 0 Å². The lowest BCUT2D eigenvalue weighted by atomic mass is 10.0. The van der Waals surface area contributed by atoms with Gasteiger partial charge >= 0.3 is 0 Å². The number of nitrogens with zero attached hydrogens (tertiary/aromatic N) is 2. The lowest BCUT2D eigenvalue weighted by molar-refractivity contribution is 0.00994. The molecule has 1 aliphatic carbocycles. The van der Waals surface area contributed by atoms with Gasteiger partial charge in [0.2, 0.25) is 0 Å². The van der Waals surface area contributed by atoms with E-state index < -0.39 is 11.7 Å². The molecule has 194 valence electrons. The van der Waals surface area contributed by atoms with Crippen molar-refractivity contribution in [2.75, 3.05) is 45.7 Å². The third kappa shape index (κ3) is 6.42. The van der Waals surface area contributed by atoms with Gasteiger partial charge in [-0.05, 0) is 68.0 Å². The zero-order valence-electron chi connectivity index (χ0n) is 21.5. The minimum atomic E-state index is -0.489. The molecule has 2 amide bonds. The third-order valence-corrected chi connectivity index (χ3v) is 7.11. The van der Waals surface area contributed by atoms with Gasteiger partial charge in [0.15, 0.2) is 0 Å². The van der Waals surface area contributed by atoms with E-state index in [4.69, 9.17) is 9.47 Å². The summed E-state index contributed by atoms with van der Waals surface area (Å²) in [6, 6.07) is 10.7. The van der Waals surface area contributed by atoms with E-state index in [1.165, 1.54) is 37.1 Å². The molecule has 1 N–H and O–H groups in total. The summed E-state index contributed by atoms with van der Waals surface area (Å²) in [5.41, 5.74) is 0.989. The van der Waals surface area contributed by atoms with Crippen LogP contribution in [0.3, 0.4) is 0 Å². The van der Waals surface area contributed by atoms with Crippen LogP contribution in [0.1, 0.15) is 47.4 Å². The van der Waals surface area contributed by atoms with Gasteiger partial charge in [0.05, 0.1) is 11.7 Å². The lowest BCUT2D eigenvalue weighted by Crippen LogP contribution is -2.47. The van der Waals surface area contributed by atoms with E-state index in [9.17, 15) is 14.0 Å². The number of carbonyl (C=O) groups excluding carboxylic acids is 2. The van der Waals surface area contributed by atoms with Crippen LogP contribution in [0.15, 0.2) is 42.5 Å². The molecule has 0 radical (unpaired) electrons. The maximum Gasteiger partial charge on any atom is 0.257 e. The molecule has 8 heteroatoms. The minimum absolute atomic E-state index is 0.118. The van der Waals surface area contributed by atoms with Gasteiger partial charge in [0, 0.05) is 51.1 Å².